The Morgan fingerprint density at radius 2 is 2.10 bits per heavy atom. The lowest BCUT2D eigenvalue weighted by Gasteiger charge is -2.13. The highest BCUT2D eigenvalue weighted by atomic mass is 16.4. The number of nitrogens with zero attached hydrogens (tertiary/aromatic N) is 1. The van der Waals surface area contributed by atoms with Crippen LogP contribution in [-0.4, -0.2) is 33.0 Å². The van der Waals surface area contributed by atoms with Gasteiger partial charge in [0.1, 0.15) is 6.04 Å². The lowest BCUT2D eigenvalue weighted by molar-refractivity contribution is -0.139. The third-order valence-electron chi connectivity index (χ3n) is 2.90. The van der Waals surface area contributed by atoms with Gasteiger partial charge in [0.2, 0.25) is 0 Å². The third-order valence-corrected chi connectivity index (χ3v) is 2.90. The summed E-state index contributed by atoms with van der Waals surface area (Å²) in [4.78, 5) is 29.9. The summed E-state index contributed by atoms with van der Waals surface area (Å²) < 4.78 is 0. The molecule has 0 aliphatic carbocycles. The Balaban J connectivity index is 2.07. The molecule has 0 aliphatic rings. The van der Waals surface area contributed by atoms with Gasteiger partial charge in [0, 0.05) is 29.4 Å². The minimum Gasteiger partial charge on any atom is -0.480 e. The summed E-state index contributed by atoms with van der Waals surface area (Å²) in [7, 11) is 0. The average molecular weight is 283 g/mol. The zero-order valence-electron chi connectivity index (χ0n) is 11.0. The van der Waals surface area contributed by atoms with Crippen LogP contribution >= 0.6 is 0 Å². The van der Waals surface area contributed by atoms with Gasteiger partial charge in [-0.25, -0.2) is 9.78 Å². The SMILES string of the molecule is C#Cc1ccc(C(=O)NC(Cc2cnc[nH]2)C(=O)O)cc1. The summed E-state index contributed by atoms with van der Waals surface area (Å²) in [6, 6.07) is 5.32. The van der Waals surface area contributed by atoms with Crippen LogP contribution < -0.4 is 5.32 Å². The van der Waals surface area contributed by atoms with Gasteiger partial charge in [-0.1, -0.05) is 5.92 Å². The van der Waals surface area contributed by atoms with Gasteiger partial charge in [0.05, 0.1) is 6.33 Å². The van der Waals surface area contributed by atoms with Crippen LogP contribution in [0.3, 0.4) is 0 Å². The number of carboxylic acid groups (broad SMARTS) is 1. The van der Waals surface area contributed by atoms with Crippen molar-refractivity contribution in [2.24, 2.45) is 0 Å². The quantitative estimate of drug-likeness (QED) is 0.708. The molecule has 1 heterocycles. The molecule has 0 saturated carbocycles. The van der Waals surface area contributed by atoms with E-state index in [1.807, 2.05) is 0 Å². The van der Waals surface area contributed by atoms with E-state index in [0.29, 0.717) is 16.8 Å². The van der Waals surface area contributed by atoms with Crippen molar-refractivity contribution in [3.05, 3.63) is 53.6 Å². The number of aromatic amines is 1. The maximum Gasteiger partial charge on any atom is 0.326 e. The molecule has 0 spiro atoms. The first kappa shape index (κ1) is 14.3. The second-order valence-corrected chi connectivity index (χ2v) is 4.37. The molecule has 0 saturated heterocycles. The molecule has 2 aromatic rings. The van der Waals surface area contributed by atoms with Crippen molar-refractivity contribution >= 4 is 11.9 Å². The Kier molecular flexibility index (Phi) is 4.36. The van der Waals surface area contributed by atoms with Crippen molar-refractivity contribution in [3.8, 4) is 12.3 Å². The largest absolute Gasteiger partial charge is 0.480 e. The number of amides is 1. The first-order valence-electron chi connectivity index (χ1n) is 6.17. The van der Waals surface area contributed by atoms with E-state index in [1.54, 1.807) is 24.3 Å². The maximum absolute atomic E-state index is 12.0. The summed E-state index contributed by atoms with van der Waals surface area (Å²) in [6.07, 6.45) is 8.33. The number of hydrogen-bond acceptors (Lipinski definition) is 3. The fourth-order valence-electron chi connectivity index (χ4n) is 1.78. The molecular weight excluding hydrogens is 270 g/mol. The summed E-state index contributed by atoms with van der Waals surface area (Å²) >= 11 is 0. The number of nitrogens with one attached hydrogen (secondary N) is 2. The number of aliphatic carboxylic acids is 1. The fourth-order valence-corrected chi connectivity index (χ4v) is 1.78. The maximum atomic E-state index is 12.0. The summed E-state index contributed by atoms with van der Waals surface area (Å²) in [5.41, 5.74) is 1.63. The molecule has 0 aliphatic heterocycles. The van der Waals surface area contributed by atoms with Gasteiger partial charge in [0.25, 0.3) is 5.91 Å². The number of hydrogen-bond donors (Lipinski definition) is 3. The Morgan fingerprint density at radius 3 is 2.62 bits per heavy atom. The number of aromatic nitrogens is 2. The third kappa shape index (κ3) is 3.70. The molecule has 106 valence electrons. The zero-order valence-corrected chi connectivity index (χ0v) is 11.0. The van der Waals surface area contributed by atoms with Crippen molar-refractivity contribution in [1.29, 1.82) is 0 Å². The summed E-state index contributed by atoms with van der Waals surface area (Å²) in [5.74, 6) is 0.865. The van der Waals surface area contributed by atoms with Crippen LogP contribution in [0.2, 0.25) is 0 Å². The number of carbonyl (C=O) groups is 2. The highest BCUT2D eigenvalue weighted by Crippen LogP contribution is 2.05. The van der Waals surface area contributed by atoms with Crippen molar-refractivity contribution in [3.63, 3.8) is 0 Å². The number of rotatable bonds is 5. The minimum atomic E-state index is -1.11. The predicted molar refractivity (Wildman–Crippen MR) is 75.6 cm³/mol. The summed E-state index contributed by atoms with van der Waals surface area (Å²) in [5, 5.41) is 11.6. The Bertz CT molecular complexity index is 669. The van der Waals surface area contributed by atoms with Gasteiger partial charge in [-0.2, -0.15) is 0 Å². The van der Waals surface area contributed by atoms with Gasteiger partial charge in [0.15, 0.2) is 0 Å². The molecular formula is C15H13N3O3. The Morgan fingerprint density at radius 1 is 1.38 bits per heavy atom. The molecule has 1 aromatic carbocycles. The number of H-pyrrole nitrogens is 1. The topological polar surface area (TPSA) is 95.1 Å². The van der Waals surface area contributed by atoms with Crippen LogP contribution in [0.15, 0.2) is 36.8 Å². The van der Waals surface area contributed by atoms with E-state index in [2.05, 4.69) is 21.2 Å². The second kappa shape index (κ2) is 6.39. The van der Waals surface area contributed by atoms with Crippen LogP contribution in [0.25, 0.3) is 0 Å². The highest BCUT2D eigenvalue weighted by molar-refractivity contribution is 5.96. The normalized spacial score (nSPS) is 11.4. The molecule has 1 aromatic heterocycles. The molecule has 3 N–H and O–H groups in total. The molecule has 0 radical (unpaired) electrons. The van der Waals surface area contributed by atoms with Crippen LogP contribution in [0.1, 0.15) is 21.6 Å². The van der Waals surface area contributed by atoms with E-state index in [1.165, 1.54) is 12.5 Å². The lowest BCUT2D eigenvalue weighted by Crippen LogP contribution is -2.42. The fraction of sp³-hybridized carbons (Fsp3) is 0.133. The van der Waals surface area contributed by atoms with Crippen molar-refractivity contribution < 1.29 is 14.7 Å². The van der Waals surface area contributed by atoms with Gasteiger partial charge in [-0.3, -0.25) is 4.79 Å². The van der Waals surface area contributed by atoms with Crippen molar-refractivity contribution in [1.82, 2.24) is 15.3 Å². The molecule has 6 heteroatoms. The van der Waals surface area contributed by atoms with E-state index in [-0.39, 0.29) is 6.42 Å². The number of carbonyl (C=O) groups excluding carboxylic acids is 1. The van der Waals surface area contributed by atoms with Crippen molar-refractivity contribution in [2.75, 3.05) is 0 Å². The smallest absolute Gasteiger partial charge is 0.326 e. The number of terminal acetylenes is 1. The van der Waals surface area contributed by atoms with E-state index in [4.69, 9.17) is 6.42 Å². The van der Waals surface area contributed by atoms with Gasteiger partial charge in [-0.05, 0) is 24.3 Å². The van der Waals surface area contributed by atoms with E-state index in [9.17, 15) is 14.7 Å². The monoisotopic (exact) mass is 283 g/mol. The highest BCUT2D eigenvalue weighted by Gasteiger charge is 2.21. The standard InChI is InChI=1S/C15H13N3O3/c1-2-10-3-5-11(6-4-10)14(19)18-13(15(20)21)7-12-8-16-9-17-12/h1,3-6,8-9,13H,7H2,(H,16,17)(H,18,19)(H,20,21). The van der Waals surface area contributed by atoms with Crippen LogP contribution in [0.5, 0.6) is 0 Å². The second-order valence-electron chi connectivity index (χ2n) is 4.37. The molecule has 2 rings (SSSR count). The van der Waals surface area contributed by atoms with Crippen LogP contribution in [0, 0.1) is 12.3 Å². The lowest BCUT2D eigenvalue weighted by atomic mass is 10.1. The first-order valence-corrected chi connectivity index (χ1v) is 6.17. The summed E-state index contributed by atoms with van der Waals surface area (Å²) in [6.45, 7) is 0. The molecule has 21 heavy (non-hydrogen) atoms. The predicted octanol–water partition coefficient (Wildman–Crippen LogP) is 0.817. The molecule has 6 nitrogen and oxygen atoms in total. The number of imidazole rings is 1. The first-order chi connectivity index (χ1) is 10.1. The Hall–Kier alpha value is -3.07. The number of carboxylic acids is 1. The van der Waals surface area contributed by atoms with E-state index in [0.717, 1.165) is 0 Å². The zero-order chi connectivity index (χ0) is 15.2. The van der Waals surface area contributed by atoms with E-state index >= 15 is 0 Å². The molecule has 1 atom stereocenters. The van der Waals surface area contributed by atoms with Crippen LogP contribution in [-0.2, 0) is 11.2 Å². The van der Waals surface area contributed by atoms with Crippen molar-refractivity contribution in [2.45, 2.75) is 12.5 Å². The minimum absolute atomic E-state index is 0.128. The van der Waals surface area contributed by atoms with Crippen LogP contribution in [0.4, 0.5) is 0 Å². The van der Waals surface area contributed by atoms with Gasteiger partial charge >= 0.3 is 5.97 Å². The molecule has 0 fully saturated rings. The Labute approximate surface area is 121 Å². The molecule has 1 unspecified atom stereocenters. The molecule has 0 bridgehead atoms. The molecule has 1 amide bonds. The van der Waals surface area contributed by atoms with E-state index < -0.39 is 17.9 Å². The van der Waals surface area contributed by atoms with Gasteiger partial charge in [-0.15, -0.1) is 6.42 Å². The average Bonchev–Trinajstić information content (AvgIpc) is 2.99. The van der Waals surface area contributed by atoms with Gasteiger partial charge < -0.3 is 15.4 Å². The number of benzene rings is 1.